The highest BCUT2D eigenvalue weighted by molar-refractivity contribution is 14.0. The number of guanidine groups is 1. The van der Waals surface area contributed by atoms with E-state index >= 15 is 0 Å². The molecular formula is C10H16IN5. The zero-order valence-electron chi connectivity index (χ0n) is 9.23. The molecule has 0 amide bonds. The van der Waals surface area contributed by atoms with Crippen LogP contribution in [0.3, 0.4) is 0 Å². The second-order valence-electron chi connectivity index (χ2n) is 3.46. The van der Waals surface area contributed by atoms with Crippen LogP contribution in [0.2, 0.25) is 0 Å². The first-order chi connectivity index (χ1) is 7.34. The van der Waals surface area contributed by atoms with E-state index < -0.39 is 0 Å². The summed E-state index contributed by atoms with van der Waals surface area (Å²) < 4.78 is 0. The number of aliphatic imine (C=N–C) groups is 1. The van der Waals surface area contributed by atoms with Crippen molar-refractivity contribution in [2.75, 3.05) is 13.1 Å². The van der Waals surface area contributed by atoms with Crippen LogP contribution in [0.5, 0.6) is 0 Å². The van der Waals surface area contributed by atoms with Crippen LogP contribution in [0.4, 0.5) is 0 Å². The van der Waals surface area contributed by atoms with Gasteiger partial charge < -0.3 is 10.6 Å². The summed E-state index contributed by atoms with van der Waals surface area (Å²) in [5, 5.41) is 6.41. The van der Waals surface area contributed by atoms with Crippen LogP contribution < -0.4 is 10.6 Å². The molecule has 0 saturated carbocycles. The molecule has 0 aromatic carbocycles. The van der Waals surface area contributed by atoms with Crippen molar-refractivity contribution in [2.45, 2.75) is 19.9 Å². The van der Waals surface area contributed by atoms with Gasteiger partial charge in [-0.1, -0.05) is 0 Å². The first-order valence-electron chi connectivity index (χ1n) is 5.15. The minimum atomic E-state index is 0. The molecule has 2 heterocycles. The van der Waals surface area contributed by atoms with Gasteiger partial charge in [0.05, 0.1) is 12.2 Å². The van der Waals surface area contributed by atoms with Gasteiger partial charge in [-0.25, -0.2) is 9.97 Å². The number of rotatable bonds is 2. The Kier molecular flexibility index (Phi) is 5.44. The van der Waals surface area contributed by atoms with E-state index in [-0.39, 0.29) is 24.0 Å². The third-order valence-electron chi connectivity index (χ3n) is 2.17. The number of hydrogen-bond donors (Lipinski definition) is 2. The molecule has 5 nitrogen and oxygen atoms in total. The monoisotopic (exact) mass is 333 g/mol. The minimum Gasteiger partial charge on any atom is -0.356 e. The minimum absolute atomic E-state index is 0. The Morgan fingerprint density at radius 3 is 3.06 bits per heavy atom. The van der Waals surface area contributed by atoms with E-state index in [1.54, 1.807) is 6.20 Å². The Labute approximate surface area is 112 Å². The summed E-state index contributed by atoms with van der Waals surface area (Å²) in [5.74, 6) is 1.67. The average Bonchev–Trinajstić information content (AvgIpc) is 2.28. The Bertz CT molecular complexity index is 366. The molecular weight excluding hydrogens is 317 g/mol. The second-order valence-corrected chi connectivity index (χ2v) is 3.46. The molecule has 0 spiro atoms. The summed E-state index contributed by atoms with van der Waals surface area (Å²) in [7, 11) is 0. The van der Waals surface area contributed by atoms with Crippen molar-refractivity contribution in [1.29, 1.82) is 0 Å². The van der Waals surface area contributed by atoms with E-state index in [2.05, 4.69) is 25.6 Å². The van der Waals surface area contributed by atoms with E-state index in [0.717, 1.165) is 37.0 Å². The standard InChI is InChI=1S/C10H15N5.HI/c1-8-11-6-3-9(15-8)7-14-10-12-4-2-5-13-10;/h3,6H,2,4-5,7H2,1H3,(H2,12,13,14);1H. The van der Waals surface area contributed by atoms with Crippen molar-refractivity contribution in [1.82, 2.24) is 20.6 Å². The molecule has 1 aliphatic heterocycles. The maximum absolute atomic E-state index is 4.32. The van der Waals surface area contributed by atoms with Gasteiger partial charge >= 0.3 is 0 Å². The molecule has 0 radical (unpaired) electrons. The van der Waals surface area contributed by atoms with Gasteiger partial charge in [0.15, 0.2) is 5.96 Å². The Hall–Kier alpha value is -0.920. The predicted octanol–water partition coefficient (Wildman–Crippen LogP) is 0.842. The van der Waals surface area contributed by atoms with Gasteiger partial charge in [0.2, 0.25) is 0 Å². The van der Waals surface area contributed by atoms with Crippen molar-refractivity contribution in [3.05, 3.63) is 23.8 Å². The maximum atomic E-state index is 4.32. The zero-order valence-corrected chi connectivity index (χ0v) is 11.6. The fourth-order valence-corrected chi connectivity index (χ4v) is 1.43. The van der Waals surface area contributed by atoms with E-state index in [0.29, 0.717) is 6.54 Å². The smallest absolute Gasteiger partial charge is 0.191 e. The lowest BCUT2D eigenvalue weighted by atomic mass is 10.3. The summed E-state index contributed by atoms with van der Waals surface area (Å²) in [6.07, 6.45) is 2.88. The second kappa shape index (κ2) is 6.62. The molecule has 0 atom stereocenters. The van der Waals surface area contributed by atoms with Crippen LogP contribution in [-0.4, -0.2) is 29.0 Å². The molecule has 0 saturated heterocycles. The maximum Gasteiger partial charge on any atom is 0.191 e. The molecule has 2 rings (SSSR count). The number of hydrogen-bond acceptors (Lipinski definition) is 5. The quantitative estimate of drug-likeness (QED) is 0.788. The van der Waals surface area contributed by atoms with Crippen LogP contribution in [0, 0.1) is 6.92 Å². The Balaban J connectivity index is 0.00000128. The molecule has 16 heavy (non-hydrogen) atoms. The summed E-state index contributed by atoms with van der Waals surface area (Å²) in [5.41, 5.74) is 0.984. The van der Waals surface area contributed by atoms with Crippen molar-refractivity contribution in [2.24, 2.45) is 4.99 Å². The molecule has 0 unspecified atom stereocenters. The summed E-state index contributed by atoms with van der Waals surface area (Å²) in [4.78, 5) is 12.7. The molecule has 6 heteroatoms. The van der Waals surface area contributed by atoms with Crippen LogP contribution in [0.25, 0.3) is 0 Å². The third kappa shape index (κ3) is 3.92. The van der Waals surface area contributed by atoms with Crippen molar-refractivity contribution >= 4 is 29.9 Å². The first kappa shape index (κ1) is 13.1. The largest absolute Gasteiger partial charge is 0.356 e. The lowest BCUT2D eigenvalue weighted by Gasteiger charge is -2.15. The first-order valence-corrected chi connectivity index (χ1v) is 5.15. The average molecular weight is 333 g/mol. The molecule has 2 N–H and O–H groups in total. The number of nitrogens with zero attached hydrogens (tertiary/aromatic N) is 3. The van der Waals surface area contributed by atoms with Gasteiger partial charge in [0, 0.05) is 19.3 Å². The lowest BCUT2D eigenvalue weighted by Crippen LogP contribution is -2.40. The predicted molar refractivity (Wildman–Crippen MR) is 73.9 cm³/mol. The molecule has 1 aromatic heterocycles. The Morgan fingerprint density at radius 1 is 1.50 bits per heavy atom. The van der Waals surface area contributed by atoms with E-state index in [4.69, 9.17) is 0 Å². The van der Waals surface area contributed by atoms with Gasteiger partial charge in [-0.3, -0.25) is 4.99 Å². The number of halogens is 1. The topological polar surface area (TPSA) is 62.2 Å². The van der Waals surface area contributed by atoms with Crippen molar-refractivity contribution < 1.29 is 0 Å². The van der Waals surface area contributed by atoms with Crippen LogP contribution in [0.1, 0.15) is 17.9 Å². The normalized spacial score (nSPS) is 14.4. The van der Waals surface area contributed by atoms with Gasteiger partial charge in [-0.05, 0) is 19.4 Å². The van der Waals surface area contributed by atoms with Crippen LogP contribution in [-0.2, 0) is 6.54 Å². The van der Waals surface area contributed by atoms with E-state index in [1.807, 2.05) is 13.0 Å². The van der Waals surface area contributed by atoms with Crippen molar-refractivity contribution in [3.63, 3.8) is 0 Å². The number of aromatic nitrogens is 2. The fourth-order valence-electron chi connectivity index (χ4n) is 1.43. The fraction of sp³-hybridized carbons (Fsp3) is 0.500. The van der Waals surface area contributed by atoms with Gasteiger partial charge in [0.1, 0.15) is 5.82 Å². The van der Waals surface area contributed by atoms with Gasteiger partial charge in [-0.2, -0.15) is 0 Å². The lowest BCUT2D eigenvalue weighted by molar-refractivity contribution is 0.697. The molecule has 1 aliphatic rings. The number of nitrogens with one attached hydrogen (secondary N) is 2. The molecule has 0 fully saturated rings. The third-order valence-corrected chi connectivity index (χ3v) is 2.17. The molecule has 0 bridgehead atoms. The Morgan fingerprint density at radius 2 is 2.38 bits per heavy atom. The van der Waals surface area contributed by atoms with Gasteiger partial charge in [0.25, 0.3) is 0 Å². The zero-order chi connectivity index (χ0) is 10.5. The molecule has 0 aliphatic carbocycles. The summed E-state index contributed by atoms with van der Waals surface area (Å²) in [6, 6.07) is 1.91. The highest BCUT2D eigenvalue weighted by Crippen LogP contribution is 1.94. The van der Waals surface area contributed by atoms with Crippen molar-refractivity contribution in [3.8, 4) is 0 Å². The summed E-state index contributed by atoms with van der Waals surface area (Å²) in [6.45, 7) is 4.47. The highest BCUT2D eigenvalue weighted by Gasteiger charge is 2.03. The molecule has 88 valence electrons. The highest BCUT2D eigenvalue weighted by atomic mass is 127. The number of aryl methyl sites for hydroxylation is 1. The van der Waals surface area contributed by atoms with E-state index in [1.165, 1.54) is 0 Å². The van der Waals surface area contributed by atoms with E-state index in [9.17, 15) is 0 Å². The van der Waals surface area contributed by atoms with Crippen LogP contribution >= 0.6 is 24.0 Å². The summed E-state index contributed by atoms with van der Waals surface area (Å²) >= 11 is 0. The van der Waals surface area contributed by atoms with Gasteiger partial charge in [-0.15, -0.1) is 24.0 Å². The SMILES string of the molecule is Cc1nccc(CNC2=NCCCN2)n1.I. The van der Waals surface area contributed by atoms with Crippen LogP contribution in [0.15, 0.2) is 17.3 Å². The molecule has 1 aromatic rings.